The Kier molecular flexibility index (Phi) is 5.08. The van der Waals surface area contributed by atoms with Gasteiger partial charge in [0, 0.05) is 5.56 Å². The van der Waals surface area contributed by atoms with Crippen LogP contribution >= 0.6 is 0 Å². The summed E-state index contributed by atoms with van der Waals surface area (Å²) >= 11 is 0. The number of hydrogen-bond acceptors (Lipinski definition) is 3. The summed E-state index contributed by atoms with van der Waals surface area (Å²) in [6, 6.07) is 18.7. The average molecular weight is 346 g/mol. The molecule has 3 aromatic carbocycles. The molecule has 0 radical (unpaired) electrons. The van der Waals surface area contributed by atoms with Crippen LogP contribution in [0.15, 0.2) is 60.7 Å². The van der Waals surface area contributed by atoms with E-state index in [9.17, 15) is 9.90 Å². The fourth-order valence-corrected chi connectivity index (χ4v) is 3.15. The topological polar surface area (TPSA) is 46.5 Å². The van der Waals surface area contributed by atoms with Gasteiger partial charge in [-0.15, -0.1) is 0 Å². The summed E-state index contributed by atoms with van der Waals surface area (Å²) in [5, 5.41) is 10.8. The van der Waals surface area contributed by atoms with Crippen molar-refractivity contribution in [2.45, 2.75) is 20.3 Å². The number of carbonyl (C=O) groups is 1. The summed E-state index contributed by atoms with van der Waals surface area (Å²) in [6.07, 6.45) is 0.788. The number of phenolic OH excluding ortho intramolecular Hbond substituents is 1. The van der Waals surface area contributed by atoms with Gasteiger partial charge in [0.2, 0.25) is 0 Å². The van der Waals surface area contributed by atoms with Crippen LogP contribution < -0.4 is 4.74 Å². The molecular formula is C23H22O3. The zero-order valence-electron chi connectivity index (χ0n) is 15.2. The third-order valence-corrected chi connectivity index (χ3v) is 4.71. The summed E-state index contributed by atoms with van der Waals surface area (Å²) in [6.45, 7) is 3.90. The van der Waals surface area contributed by atoms with Gasteiger partial charge in [-0.05, 0) is 65.9 Å². The predicted molar refractivity (Wildman–Crippen MR) is 104 cm³/mol. The van der Waals surface area contributed by atoms with Crippen LogP contribution in [0.3, 0.4) is 0 Å². The number of benzene rings is 3. The zero-order chi connectivity index (χ0) is 18.7. The molecule has 0 aromatic heterocycles. The maximum Gasteiger partial charge on any atom is 0.197 e. The van der Waals surface area contributed by atoms with E-state index in [0.717, 1.165) is 28.7 Å². The van der Waals surface area contributed by atoms with Gasteiger partial charge in [-0.1, -0.05) is 37.3 Å². The number of hydrogen-bond donors (Lipinski definition) is 1. The molecule has 3 nitrogen and oxygen atoms in total. The first kappa shape index (κ1) is 17.7. The highest BCUT2D eigenvalue weighted by molar-refractivity contribution is 6.15. The van der Waals surface area contributed by atoms with E-state index in [0.29, 0.717) is 16.9 Å². The van der Waals surface area contributed by atoms with Crippen LogP contribution in [0, 0.1) is 6.92 Å². The summed E-state index contributed by atoms with van der Waals surface area (Å²) < 4.78 is 5.16. The molecule has 3 aromatic rings. The minimum atomic E-state index is -0.199. The molecule has 3 rings (SSSR count). The first-order valence-corrected chi connectivity index (χ1v) is 8.66. The maximum absolute atomic E-state index is 13.2. The monoisotopic (exact) mass is 346 g/mol. The molecule has 0 saturated heterocycles. The lowest BCUT2D eigenvalue weighted by atomic mass is 9.88. The predicted octanol–water partition coefficient (Wildman–Crippen LogP) is 5.17. The first-order valence-electron chi connectivity index (χ1n) is 8.66. The van der Waals surface area contributed by atoms with Crippen molar-refractivity contribution in [3.8, 4) is 22.6 Å². The van der Waals surface area contributed by atoms with Crippen molar-refractivity contribution in [3.05, 3.63) is 82.9 Å². The fourth-order valence-electron chi connectivity index (χ4n) is 3.15. The van der Waals surface area contributed by atoms with Gasteiger partial charge in [-0.2, -0.15) is 0 Å². The van der Waals surface area contributed by atoms with Crippen molar-refractivity contribution in [1.29, 1.82) is 0 Å². The second-order valence-corrected chi connectivity index (χ2v) is 6.21. The number of aromatic hydroxyl groups is 1. The lowest BCUT2D eigenvalue weighted by Crippen LogP contribution is -2.07. The lowest BCUT2D eigenvalue weighted by Gasteiger charge is -2.16. The second-order valence-electron chi connectivity index (χ2n) is 6.21. The van der Waals surface area contributed by atoms with Crippen LogP contribution in [-0.4, -0.2) is 18.0 Å². The molecule has 0 spiro atoms. The summed E-state index contributed by atoms with van der Waals surface area (Å²) in [7, 11) is 1.59. The summed E-state index contributed by atoms with van der Waals surface area (Å²) in [5.74, 6) is 0.547. The molecule has 0 aliphatic carbocycles. The molecule has 0 amide bonds. The van der Waals surface area contributed by atoms with E-state index in [1.807, 2.05) is 50.2 Å². The Morgan fingerprint density at radius 1 is 1.04 bits per heavy atom. The Bertz CT molecular complexity index is 926. The molecule has 0 aliphatic rings. The van der Waals surface area contributed by atoms with Gasteiger partial charge < -0.3 is 9.84 Å². The smallest absolute Gasteiger partial charge is 0.197 e. The molecular weight excluding hydrogens is 324 g/mol. The van der Waals surface area contributed by atoms with Gasteiger partial charge in [-0.3, -0.25) is 4.79 Å². The van der Waals surface area contributed by atoms with Crippen molar-refractivity contribution in [3.63, 3.8) is 0 Å². The Labute approximate surface area is 153 Å². The first-order chi connectivity index (χ1) is 12.6. The van der Waals surface area contributed by atoms with Crippen LogP contribution in [0.2, 0.25) is 0 Å². The molecule has 0 atom stereocenters. The molecule has 132 valence electrons. The third-order valence-electron chi connectivity index (χ3n) is 4.71. The standard InChI is InChI=1S/C23H22O3/c1-4-16-14-20(17-8-6-5-7-9-17)21(22(24)15(16)2)23(25)18-10-12-19(26-3)13-11-18/h5-14,24H,4H2,1-3H3. The Morgan fingerprint density at radius 3 is 2.27 bits per heavy atom. The van der Waals surface area contributed by atoms with E-state index < -0.39 is 0 Å². The second kappa shape index (κ2) is 7.44. The van der Waals surface area contributed by atoms with Crippen LogP contribution in [-0.2, 0) is 6.42 Å². The highest BCUT2D eigenvalue weighted by atomic mass is 16.5. The molecule has 0 bridgehead atoms. The molecule has 0 saturated carbocycles. The number of ether oxygens (including phenoxy) is 1. The maximum atomic E-state index is 13.2. The minimum Gasteiger partial charge on any atom is -0.507 e. The van der Waals surface area contributed by atoms with Crippen LogP contribution in [0.4, 0.5) is 0 Å². The van der Waals surface area contributed by atoms with Crippen molar-refractivity contribution in [2.24, 2.45) is 0 Å². The van der Waals surface area contributed by atoms with Gasteiger partial charge in [0.15, 0.2) is 5.78 Å². The van der Waals surface area contributed by atoms with Crippen molar-refractivity contribution in [2.75, 3.05) is 7.11 Å². The van der Waals surface area contributed by atoms with E-state index in [2.05, 4.69) is 0 Å². The number of ketones is 1. The average Bonchev–Trinajstić information content (AvgIpc) is 2.70. The van der Waals surface area contributed by atoms with Gasteiger partial charge >= 0.3 is 0 Å². The van der Waals surface area contributed by atoms with E-state index in [-0.39, 0.29) is 11.5 Å². The van der Waals surface area contributed by atoms with E-state index in [1.54, 1.807) is 31.4 Å². The molecule has 0 aliphatic heterocycles. The Morgan fingerprint density at radius 2 is 1.69 bits per heavy atom. The van der Waals surface area contributed by atoms with Gasteiger partial charge in [0.05, 0.1) is 12.7 Å². The van der Waals surface area contributed by atoms with E-state index in [1.165, 1.54) is 0 Å². The quantitative estimate of drug-likeness (QED) is 0.648. The number of aryl methyl sites for hydroxylation is 1. The molecule has 3 heteroatoms. The van der Waals surface area contributed by atoms with Crippen molar-refractivity contribution < 1.29 is 14.6 Å². The SMILES string of the molecule is CCc1cc(-c2ccccc2)c(C(=O)c2ccc(OC)cc2)c(O)c1C. The van der Waals surface area contributed by atoms with E-state index in [4.69, 9.17) is 4.74 Å². The normalized spacial score (nSPS) is 10.6. The van der Waals surface area contributed by atoms with Crippen LogP contribution in [0.5, 0.6) is 11.5 Å². The molecule has 0 unspecified atom stereocenters. The molecule has 26 heavy (non-hydrogen) atoms. The third kappa shape index (κ3) is 3.21. The summed E-state index contributed by atoms with van der Waals surface area (Å²) in [4.78, 5) is 13.2. The summed E-state index contributed by atoms with van der Waals surface area (Å²) in [5.41, 5.74) is 4.32. The van der Waals surface area contributed by atoms with Gasteiger partial charge in [0.25, 0.3) is 0 Å². The highest BCUT2D eigenvalue weighted by Gasteiger charge is 2.22. The van der Waals surface area contributed by atoms with Crippen LogP contribution in [0.1, 0.15) is 34.0 Å². The minimum absolute atomic E-state index is 0.0593. The van der Waals surface area contributed by atoms with Crippen molar-refractivity contribution in [1.82, 2.24) is 0 Å². The number of carbonyl (C=O) groups excluding carboxylic acids is 1. The Hall–Kier alpha value is -3.07. The van der Waals surface area contributed by atoms with Crippen LogP contribution in [0.25, 0.3) is 11.1 Å². The molecule has 0 fully saturated rings. The largest absolute Gasteiger partial charge is 0.507 e. The van der Waals surface area contributed by atoms with E-state index >= 15 is 0 Å². The van der Waals surface area contributed by atoms with Gasteiger partial charge in [0.1, 0.15) is 11.5 Å². The Balaban J connectivity index is 2.21. The van der Waals surface area contributed by atoms with Gasteiger partial charge in [-0.25, -0.2) is 0 Å². The zero-order valence-corrected chi connectivity index (χ0v) is 15.2. The van der Waals surface area contributed by atoms with Crippen molar-refractivity contribution >= 4 is 5.78 Å². The number of methoxy groups -OCH3 is 1. The molecule has 1 N–H and O–H groups in total. The highest BCUT2D eigenvalue weighted by Crippen LogP contribution is 2.37. The fraction of sp³-hybridized carbons (Fsp3) is 0.174. The number of rotatable bonds is 5. The molecule has 0 heterocycles. The number of phenols is 1. The lowest BCUT2D eigenvalue weighted by molar-refractivity contribution is 0.103.